The predicted molar refractivity (Wildman–Crippen MR) is 95.6 cm³/mol. The first kappa shape index (κ1) is 17.8. The molecule has 1 aliphatic carbocycles. The van der Waals surface area contributed by atoms with Crippen LogP contribution in [0.4, 0.5) is 5.69 Å². The molecule has 2 unspecified atom stereocenters. The van der Waals surface area contributed by atoms with E-state index in [0.717, 1.165) is 42.7 Å². The van der Waals surface area contributed by atoms with Crippen LogP contribution in [0, 0.1) is 5.92 Å². The Hall–Kier alpha value is -2.04. The number of fused-ring (bicyclic) bond motifs is 1. The lowest BCUT2D eigenvalue weighted by molar-refractivity contribution is -0.151. The van der Waals surface area contributed by atoms with Crippen LogP contribution in [0.1, 0.15) is 57.4 Å². The average molecular weight is 345 g/mol. The molecule has 0 saturated heterocycles. The Kier molecular flexibility index (Phi) is 5.95. The van der Waals surface area contributed by atoms with E-state index >= 15 is 0 Å². The maximum atomic E-state index is 11.9. The Balaban J connectivity index is 1.37. The predicted octanol–water partition coefficient (Wildman–Crippen LogP) is 3.85. The Labute approximate surface area is 149 Å². The van der Waals surface area contributed by atoms with Crippen LogP contribution in [-0.2, 0) is 20.7 Å². The summed E-state index contributed by atoms with van der Waals surface area (Å²) in [5, 5.41) is 2.86. The van der Waals surface area contributed by atoms with Gasteiger partial charge in [-0.15, -0.1) is 0 Å². The standard InChI is InChI=1S/C20H27NO4/c1-14-4-2-5-17(12-14)25-20(23)6-3-11-24-16-8-9-18-15(13-16)7-10-19(22)21-18/h8-9,13-14,17H,2-7,10-12H2,1H3,(H,21,22). The third-order valence-corrected chi connectivity index (χ3v) is 4.95. The highest BCUT2D eigenvalue weighted by Gasteiger charge is 2.22. The zero-order chi connectivity index (χ0) is 17.6. The van der Waals surface area contributed by atoms with Gasteiger partial charge in [0.25, 0.3) is 0 Å². The van der Waals surface area contributed by atoms with Gasteiger partial charge in [-0.2, -0.15) is 0 Å². The zero-order valence-corrected chi connectivity index (χ0v) is 14.9. The number of esters is 1. The Morgan fingerprint density at radius 3 is 3.00 bits per heavy atom. The van der Waals surface area contributed by atoms with Crippen molar-refractivity contribution in [3.63, 3.8) is 0 Å². The molecule has 2 atom stereocenters. The van der Waals surface area contributed by atoms with Crippen LogP contribution in [0.3, 0.4) is 0 Å². The fourth-order valence-electron chi connectivity index (χ4n) is 3.59. The molecule has 1 amide bonds. The van der Waals surface area contributed by atoms with Crippen LogP contribution in [0.25, 0.3) is 0 Å². The monoisotopic (exact) mass is 345 g/mol. The molecule has 1 N–H and O–H groups in total. The van der Waals surface area contributed by atoms with Gasteiger partial charge < -0.3 is 14.8 Å². The Morgan fingerprint density at radius 1 is 1.28 bits per heavy atom. The van der Waals surface area contributed by atoms with E-state index in [1.54, 1.807) is 0 Å². The van der Waals surface area contributed by atoms with Gasteiger partial charge in [-0.05, 0) is 61.8 Å². The van der Waals surface area contributed by atoms with E-state index in [4.69, 9.17) is 9.47 Å². The second-order valence-corrected chi connectivity index (χ2v) is 7.20. The normalized spacial score (nSPS) is 22.7. The molecule has 1 aliphatic heterocycles. The second-order valence-electron chi connectivity index (χ2n) is 7.20. The third-order valence-electron chi connectivity index (χ3n) is 4.95. The van der Waals surface area contributed by atoms with Gasteiger partial charge in [0.2, 0.25) is 5.91 Å². The topological polar surface area (TPSA) is 64.6 Å². The summed E-state index contributed by atoms with van der Waals surface area (Å²) in [5.74, 6) is 1.39. The van der Waals surface area contributed by atoms with Gasteiger partial charge in [0, 0.05) is 18.5 Å². The molecule has 5 nitrogen and oxygen atoms in total. The number of amides is 1. The minimum atomic E-state index is -0.115. The van der Waals surface area contributed by atoms with Crippen molar-refractivity contribution in [2.75, 3.05) is 11.9 Å². The number of nitrogens with one attached hydrogen (secondary N) is 1. The lowest BCUT2D eigenvalue weighted by Crippen LogP contribution is -2.24. The highest BCUT2D eigenvalue weighted by molar-refractivity contribution is 5.93. The number of hydrogen-bond acceptors (Lipinski definition) is 4. The van der Waals surface area contributed by atoms with Crippen molar-refractivity contribution in [2.45, 2.75) is 64.4 Å². The van der Waals surface area contributed by atoms with E-state index in [2.05, 4.69) is 12.2 Å². The molecule has 3 rings (SSSR count). The Bertz CT molecular complexity index is 628. The van der Waals surface area contributed by atoms with Crippen molar-refractivity contribution in [1.29, 1.82) is 0 Å². The number of carbonyl (C=O) groups is 2. The molecular weight excluding hydrogens is 318 g/mol. The fraction of sp³-hybridized carbons (Fsp3) is 0.600. The fourth-order valence-corrected chi connectivity index (χ4v) is 3.59. The first-order chi connectivity index (χ1) is 12.1. The van der Waals surface area contributed by atoms with E-state index in [1.807, 2.05) is 18.2 Å². The number of anilines is 1. The van der Waals surface area contributed by atoms with Gasteiger partial charge in [-0.1, -0.05) is 13.3 Å². The van der Waals surface area contributed by atoms with Crippen molar-refractivity contribution >= 4 is 17.6 Å². The number of benzene rings is 1. The molecule has 0 radical (unpaired) electrons. The summed E-state index contributed by atoms with van der Waals surface area (Å²) in [4.78, 5) is 23.3. The van der Waals surface area contributed by atoms with Crippen LogP contribution >= 0.6 is 0 Å². The van der Waals surface area contributed by atoms with E-state index in [0.29, 0.717) is 31.8 Å². The van der Waals surface area contributed by atoms with Crippen molar-refractivity contribution < 1.29 is 19.1 Å². The van der Waals surface area contributed by atoms with E-state index < -0.39 is 0 Å². The minimum Gasteiger partial charge on any atom is -0.494 e. The van der Waals surface area contributed by atoms with Gasteiger partial charge in [-0.25, -0.2) is 0 Å². The molecule has 0 spiro atoms. The summed E-state index contributed by atoms with van der Waals surface area (Å²) >= 11 is 0. The zero-order valence-electron chi connectivity index (χ0n) is 14.9. The number of carbonyl (C=O) groups excluding carboxylic acids is 2. The largest absolute Gasteiger partial charge is 0.494 e. The lowest BCUT2D eigenvalue weighted by Gasteiger charge is -2.26. The summed E-state index contributed by atoms with van der Waals surface area (Å²) in [6.45, 7) is 2.71. The van der Waals surface area contributed by atoms with Gasteiger partial charge in [0.1, 0.15) is 11.9 Å². The molecule has 25 heavy (non-hydrogen) atoms. The molecule has 0 bridgehead atoms. The summed E-state index contributed by atoms with van der Waals surface area (Å²) in [6.07, 6.45) is 6.79. The minimum absolute atomic E-state index is 0.0621. The summed E-state index contributed by atoms with van der Waals surface area (Å²) in [7, 11) is 0. The first-order valence-corrected chi connectivity index (χ1v) is 9.35. The number of hydrogen-bond donors (Lipinski definition) is 1. The number of aryl methyl sites for hydroxylation is 1. The van der Waals surface area contributed by atoms with Gasteiger partial charge in [-0.3, -0.25) is 9.59 Å². The van der Waals surface area contributed by atoms with Crippen molar-refractivity contribution in [2.24, 2.45) is 5.92 Å². The second kappa shape index (κ2) is 8.37. The summed E-state index contributed by atoms with van der Waals surface area (Å²) in [5.41, 5.74) is 1.97. The van der Waals surface area contributed by atoms with E-state index in [9.17, 15) is 9.59 Å². The van der Waals surface area contributed by atoms with Crippen LogP contribution < -0.4 is 10.1 Å². The maximum absolute atomic E-state index is 11.9. The van der Waals surface area contributed by atoms with Crippen molar-refractivity contribution in [1.82, 2.24) is 0 Å². The molecule has 2 aliphatic rings. The smallest absolute Gasteiger partial charge is 0.306 e. The summed E-state index contributed by atoms with van der Waals surface area (Å²) in [6, 6.07) is 5.70. The highest BCUT2D eigenvalue weighted by atomic mass is 16.5. The first-order valence-electron chi connectivity index (χ1n) is 9.35. The van der Waals surface area contributed by atoms with Gasteiger partial charge in [0.05, 0.1) is 6.61 Å². The molecule has 1 aromatic rings. The van der Waals surface area contributed by atoms with E-state index in [-0.39, 0.29) is 18.0 Å². The highest BCUT2D eigenvalue weighted by Crippen LogP contribution is 2.27. The van der Waals surface area contributed by atoms with E-state index in [1.165, 1.54) is 6.42 Å². The molecule has 1 heterocycles. The van der Waals surface area contributed by atoms with Crippen molar-refractivity contribution in [3.05, 3.63) is 23.8 Å². The molecule has 136 valence electrons. The molecule has 1 saturated carbocycles. The summed E-state index contributed by atoms with van der Waals surface area (Å²) < 4.78 is 11.3. The lowest BCUT2D eigenvalue weighted by atomic mass is 9.89. The number of ether oxygens (including phenoxy) is 2. The average Bonchev–Trinajstić information content (AvgIpc) is 2.59. The third kappa shape index (κ3) is 5.21. The quantitative estimate of drug-likeness (QED) is 0.628. The molecular formula is C20H27NO4. The van der Waals surface area contributed by atoms with Crippen LogP contribution in [-0.4, -0.2) is 24.6 Å². The Morgan fingerprint density at radius 2 is 2.16 bits per heavy atom. The molecule has 5 heteroatoms. The van der Waals surface area contributed by atoms with Gasteiger partial charge in [0.15, 0.2) is 0 Å². The molecule has 0 aromatic heterocycles. The van der Waals surface area contributed by atoms with Gasteiger partial charge >= 0.3 is 5.97 Å². The maximum Gasteiger partial charge on any atom is 0.306 e. The SMILES string of the molecule is CC1CCCC(OC(=O)CCCOc2ccc3c(c2)CCC(=O)N3)C1. The van der Waals surface area contributed by atoms with Crippen LogP contribution in [0.15, 0.2) is 18.2 Å². The van der Waals surface area contributed by atoms with Crippen LogP contribution in [0.5, 0.6) is 5.75 Å². The number of rotatable bonds is 6. The molecule has 1 fully saturated rings. The molecule has 1 aromatic carbocycles. The van der Waals surface area contributed by atoms with Crippen molar-refractivity contribution in [3.8, 4) is 5.75 Å². The van der Waals surface area contributed by atoms with Crippen LogP contribution in [0.2, 0.25) is 0 Å².